The molecule has 1 saturated heterocycles. The van der Waals surface area contributed by atoms with E-state index in [2.05, 4.69) is 36.4 Å². The van der Waals surface area contributed by atoms with Crippen LogP contribution in [0.1, 0.15) is 36.8 Å². The molecule has 0 N–H and O–H groups in total. The Morgan fingerprint density at radius 2 is 1.41 bits per heavy atom. The third-order valence-electron chi connectivity index (χ3n) is 6.51. The number of hydrogen-bond acceptors (Lipinski definition) is 3. The Labute approximate surface area is 176 Å². The van der Waals surface area contributed by atoms with Gasteiger partial charge in [-0.3, -0.25) is 9.59 Å². The van der Waals surface area contributed by atoms with E-state index in [0.29, 0.717) is 24.7 Å². The third kappa shape index (κ3) is 3.46. The van der Waals surface area contributed by atoms with Crippen LogP contribution in [0.4, 0.5) is 0 Å². The highest BCUT2D eigenvalue weighted by Gasteiger charge is 2.40. The molecule has 2 fully saturated rings. The van der Waals surface area contributed by atoms with Gasteiger partial charge in [-0.1, -0.05) is 61.4 Å². The van der Waals surface area contributed by atoms with Crippen molar-refractivity contribution in [2.45, 2.75) is 44.8 Å². The summed E-state index contributed by atoms with van der Waals surface area (Å²) in [7, 11) is 0. The van der Waals surface area contributed by atoms with Crippen molar-refractivity contribution in [1.82, 2.24) is 9.80 Å². The van der Waals surface area contributed by atoms with E-state index in [1.165, 1.54) is 22.3 Å². The van der Waals surface area contributed by atoms with Gasteiger partial charge in [-0.2, -0.15) is 0 Å². The number of fused-ring (bicyclic) bond motifs is 3. The van der Waals surface area contributed by atoms with Crippen LogP contribution in [0.5, 0.6) is 0 Å². The van der Waals surface area contributed by atoms with Crippen molar-refractivity contribution in [3.63, 3.8) is 0 Å². The number of carbonyl (C=O) groups is 2. The second-order valence-electron chi connectivity index (χ2n) is 8.31. The molecule has 2 amide bonds. The summed E-state index contributed by atoms with van der Waals surface area (Å²) in [4.78, 5) is 30.5. The molecule has 0 aromatic heterocycles. The Hall–Kier alpha value is -2.27. The average Bonchev–Trinajstić information content (AvgIpc) is 3.43. The molecule has 3 aliphatic rings. The van der Waals surface area contributed by atoms with E-state index in [4.69, 9.17) is 0 Å². The topological polar surface area (TPSA) is 40.6 Å². The first-order valence-corrected chi connectivity index (χ1v) is 11.7. The van der Waals surface area contributed by atoms with Crippen LogP contribution in [-0.4, -0.2) is 39.3 Å². The summed E-state index contributed by atoms with van der Waals surface area (Å²) >= 11 is 1.70. The predicted molar refractivity (Wildman–Crippen MR) is 116 cm³/mol. The monoisotopic (exact) mass is 406 g/mol. The van der Waals surface area contributed by atoms with Gasteiger partial charge >= 0.3 is 0 Å². The van der Waals surface area contributed by atoms with Gasteiger partial charge < -0.3 is 9.80 Å². The summed E-state index contributed by atoms with van der Waals surface area (Å²) in [5.74, 6) is 1.76. The Balaban J connectivity index is 1.43. The number of carbonyl (C=O) groups excluding carboxylic acids is 2. The van der Waals surface area contributed by atoms with Crippen molar-refractivity contribution < 1.29 is 9.59 Å². The molecule has 1 saturated carbocycles. The van der Waals surface area contributed by atoms with Gasteiger partial charge in [-0.25, -0.2) is 0 Å². The SMILES string of the molecule is O=C(C1CSCN1C(=O)C1CCCC1)N1Cc2ccccc2-c2ccccc2C1. The molecular weight excluding hydrogens is 380 g/mol. The molecule has 1 unspecified atom stereocenters. The van der Waals surface area contributed by atoms with Crippen molar-refractivity contribution >= 4 is 23.6 Å². The highest BCUT2D eigenvalue weighted by molar-refractivity contribution is 7.99. The van der Waals surface area contributed by atoms with Crippen LogP contribution in [0.15, 0.2) is 48.5 Å². The Morgan fingerprint density at radius 1 is 0.828 bits per heavy atom. The number of benzene rings is 2. The van der Waals surface area contributed by atoms with Crippen molar-refractivity contribution in [1.29, 1.82) is 0 Å². The van der Waals surface area contributed by atoms with E-state index in [0.717, 1.165) is 25.7 Å². The summed E-state index contributed by atoms with van der Waals surface area (Å²) in [6, 6.07) is 16.4. The molecule has 2 aliphatic heterocycles. The maximum Gasteiger partial charge on any atom is 0.246 e. The lowest BCUT2D eigenvalue weighted by Gasteiger charge is -2.30. The van der Waals surface area contributed by atoms with Gasteiger partial charge in [0, 0.05) is 24.8 Å². The van der Waals surface area contributed by atoms with E-state index in [-0.39, 0.29) is 23.8 Å². The van der Waals surface area contributed by atoms with Crippen molar-refractivity contribution in [2.24, 2.45) is 5.92 Å². The molecular formula is C24H26N2O2S. The van der Waals surface area contributed by atoms with Crippen molar-refractivity contribution in [2.75, 3.05) is 11.6 Å². The van der Waals surface area contributed by atoms with E-state index in [1.54, 1.807) is 11.8 Å². The molecule has 5 heteroatoms. The number of hydrogen-bond donors (Lipinski definition) is 0. The summed E-state index contributed by atoms with van der Waals surface area (Å²) in [5.41, 5.74) is 4.76. The zero-order chi connectivity index (χ0) is 19.8. The van der Waals surface area contributed by atoms with Crippen LogP contribution in [0.2, 0.25) is 0 Å². The number of thioether (sulfide) groups is 1. The molecule has 1 atom stereocenters. The fourth-order valence-corrected chi connectivity index (χ4v) is 6.10. The van der Waals surface area contributed by atoms with E-state index >= 15 is 0 Å². The minimum absolute atomic E-state index is 0.0906. The largest absolute Gasteiger partial charge is 0.332 e. The first kappa shape index (κ1) is 18.7. The summed E-state index contributed by atoms with van der Waals surface area (Å²) in [5, 5.41) is 0. The summed E-state index contributed by atoms with van der Waals surface area (Å²) in [6.07, 6.45) is 4.22. The third-order valence-corrected chi connectivity index (χ3v) is 7.53. The van der Waals surface area contributed by atoms with E-state index in [1.807, 2.05) is 21.9 Å². The highest BCUT2D eigenvalue weighted by Crippen LogP contribution is 2.35. The van der Waals surface area contributed by atoms with Gasteiger partial charge in [0.05, 0.1) is 5.88 Å². The number of amides is 2. The summed E-state index contributed by atoms with van der Waals surface area (Å²) in [6.45, 7) is 1.19. The zero-order valence-corrected chi connectivity index (χ0v) is 17.4. The maximum atomic E-state index is 13.6. The molecule has 29 heavy (non-hydrogen) atoms. The minimum atomic E-state index is -0.328. The molecule has 0 bridgehead atoms. The molecule has 2 heterocycles. The van der Waals surface area contributed by atoms with Crippen LogP contribution >= 0.6 is 11.8 Å². The molecule has 2 aromatic carbocycles. The lowest BCUT2D eigenvalue weighted by molar-refractivity contribution is -0.146. The lowest BCUT2D eigenvalue weighted by Crippen LogP contribution is -2.49. The molecule has 150 valence electrons. The summed E-state index contributed by atoms with van der Waals surface area (Å²) < 4.78 is 0. The fourth-order valence-electron chi connectivity index (χ4n) is 4.95. The fraction of sp³-hybridized carbons (Fsp3) is 0.417. The quantitative estimate of drug-likeness (QED) is 0.747. The standard InChI is InChI=1S/C24H26N2O2S/c27-23(17-7-1-2-8-17)26-16-29-15-22(26)24(28)25-13-18-9-3-5-11-20(18)21-12-6-4-10-19(21)14-25/h3-6,9-12,17,22H,1-2,7-8,13-16H2. The smallest absolute Gasteiger partial charge is 0.246 e. The van der Waals surface area contributed by atoms with Gasteiger partial charge in [0.2, 0.25) is 11.8 Å². The van der Waals surface area contributed by atoms with Crippen molar-refractivity contribution in [3.8, 4) is 11.1 Å². The van der Waals surface area contributed by atoms with Crippen LogP contribution in [0, 0.1) is 5.92 Å². The molecule has 4 nitrogen and oxygen atoms in total. The number of rotatable bonds is 2. The molecule has 5 rings (SSSR count). The van der Waals surface area contributed by atoms with E-state index < -0.39 is 0 Å². The zero-order valence-electron chi connectivity index (χ0n) is 16.5. The molecule has 0 radical (unpaired) electrons. The molecule has 1 aliphatic carbocycles. The highest BCUT2D eigenvalue weighted by atomic mass is 32.2. The lowest BCUT2D eigenvalue weighted by atomic mass is 9.97. The molecule has 2 aromatic rings. The van der Waals surface area contributed by atoms with Crippen LogP contribution < -0.4 is 0 Å². The van der Waals surface area contributed by atoms with Gasteiger partial charge in [-0.05, 0) is 35.1 Å². The minimum Gasteiger partial charge on any atom is -0.332 e. The van der Waals surface area contributed by atoms with Crippen LogP contribution in [0.25, 0.3) is 11.1 Å². The number of nitrogens with zero attached hydrogens (tertiary/aromatic N) is 2. The Bertz CT molecular complexity index is 890. The first-order chi connectivity index (χ1) is 14.2. The van der Waals surface area contributed by atoms with Gasteiger partial charge in [-0.15, -0.1) is 11.8 Å². The molecule has 0 spiro atoms. The van der Waals surface area contributed by atoms with E-state index in [9.17, 15) is 9.59 Å². The normalized spacial score (nSPS) is 21.6. The second kappa shape index (κ2) is 7.86. The first-order valence-electron chi connectivity index (χ1n) is 10.6. The van der Waals surface area contributed by atoms with Gasteiger partial charge in [0.1, 0.15) is 6.04 Å². The van der Waals surface area contributed by atoms with Gasteiger partial charge in [0.25, 0.3) is 0 Å². The van der Waals surface area contributed by atoms with Gasteiger partial charge in [0.15, 0.2) is 0 Å². The van der Waals surface area contributed by atoms with Crippen LogP contribution in [0.3, 0.4) is 0 Å². The average molecular weight is 407 g/mol. The predicted octanol–water partition coefficient (Wildman–Crippen LogP) is 4.29. The van der Waals surface area contributed by atoms with Crippen molar-refractivity contribution in [3.05, 3.63) is 59.7 Å². The second-order valence-corrected chi connectivity index (χ2v) is 9.31. The maximum absolute atomic E-state index is 13.6. The Morgan fingerprint density at radius 3 is 2.03 bits per heavy atom. The van der Waals surface area contributed by atoms with Crippen LogP contribution in [-0.2, 0) is 22.7 Å². The Kier molecular flexibility index (Phi) is 5.08.